The molecule has 0 unspecified atom stereocenters. The molecule has 7 heteroatoms. The molecule has 0 spiro atoms. The first-order valence-corrected chi connectivity index (χ1v) is 6.88. The topological polar surface area (TPSA) is 60.0 Å². The van der Waals surface area contributed by atoms with E-state index < -0.39 is 0 Å². The minimum atomic E-state index is 0.434. The first kappa shape index (κ1) is 13.5. The lowest BCUT2D eigenvalue weighted by Gasteiger charge is -2.14. The summed E-state index contributed by atoms with van der Waals surface area (Å²) in [6.07, 6.45) is 1.88. The van der Waals surface area contributed by atoms with Crippen LogP contribution in [0.5, 0.6) is 0 Å². The fraction of sp³-hybridized carbons (Fsp3) is 0.455. The van der Waals surface area contributed by atoms with Crippen molar-refractivity contribution in [2.45, 2.75) is 19.6 Å². The Morgan fingerprint density at radius 2 is 2.33 bits per heavy atom. The molecule has 2 heterocycles. The highest BCUT2D eigenvalue weighted by Crippen LogP contribution is 2.22. The fourth-order valence-electron chi connectivity index (χ4n) is 1.60. The summed E-state index contributed by atoms with van der Waals surface area (Å²) in [4.78, 5) is 3.50. The smallest absolute Gasteiger partial charge is 0.0962 e. The molecule has 2 aromatic rings. The van der Waals surface area contributed by atoms with Crippen molar-refractivity contribution in [3.63, 3.8) is 0 Å². The summed E-state index contributed by atoms with van der Waals surface area (Å²) < 4.78 is 2.65. The quantitative estimate of drug-likeness (QED) is 0.875. The van der Waals surface area contributed by atoms with Gasteiger partial charge in [0, 0.05) is 30.7 Å². The maximum atomic E-state index is 5.90. The van der Waals surface area contributed by atoms with E-state index in [1.165, 1.54) is 4.88 Å². The van der Waals surface area contributed by atoms with Crippen molar-refractivity contribution in [3.05, 3.63) is 33.2 Å². The third-order valence-electron chi connectivity index (χ3n) is 2.56. The molecule has 0 saturated heterocycles. The van der Waals surface area contributed by atoms with Crippen LogP contribution >= 0.6 is 22.9 Å². The summed E-state index contributed by atoms with van der Waals surface area (Å²) in [6.45, 7) is 3.05. The molecule has 5 nitrogen and oxygen atoms in total. The molecular formula is C11H16ClN5S. The molecule has 98 valence electrons. The zero-order valence-electron chi connectivity index (χ0n) is 10.2. The maximum Gasteiger partial charge on any atom is 0.0962 e. The Morgan fingerprint density at radius 3 is 2.94 bits per heavy atom. The zero-order chi connectivity index (χ0) is 13.0. The summed E-state index contributed by atoms with van der Waals surface area (Å²) in [5.74, 6) is 0. The highest BCUT2D eigenvalue weighted by molar-refractivity contribution is 7.16. The first-order valence-electron chi connectivity index (χ1n) is 5.69. The van der Waals surface area contributed by atoms with Crippen molar-refractivity contribution in [3.8, 4) is 0 Å². The van der Waals surface area contributed by atoms with Gasteiger partial charge in [0.05, 0.1) is 16.6 Å². The van der Waals surface area contributed by atoms with Crippen molar-refractivity contribution < 1.29 is 0 Å². The van der Waals surface area contributed by atoms with Crippen LogP contribution in [-0.2, 0) is 19.6 Å². The van der Waals surface area contributed by atoms with Crippen LogP contribution in [0.1, 0.15) is 10.6 Å². The Morgan fingerprint density at radius 1 is 1.50 bits per heavy atom. The van der Waals surface area contributed by atoms with Gasteiger partial charge in [-0.25, -0.2) is 0 Å². The van der Waals surface area contributed by atoms with Crippen LogP contribution in [0.4, 0.5) is 0 Å². The summed E-state index contributed by atoms with van der Waals surface area (Å²) >= 11 is 7.52. The van der Waals surface area contributed by atoms with Gasteiger partial charge in [-0.05, 0) is 19.2 Å². The summed E-state index contributed by atoms with van der Waals surface area (Å²) in [5.41, 5.74) is 6.31. The van der Waals surface area contributed by atoms with Gasteiger partial charge in [0.1, 0.15) is 0 Å². The third kappa shape index (κ3) is 3.78. The SMILES string of the molecule is CN(CCn1cc(CN)nn1)Cc1ccc(Cl)s1. The van der Waals surface area contributed by atoms with Gasteiger partial charge in [-0.15, -0.1) is 16.4 Å². The van der Waals surface area contributed by atoms with Crippen molar-refractivity contribution in [2.24, 2.45) is 5.73 Å². The molecule has 0 radical (unpaired) electrons. The van der Waals surface area contributed by atoms with Gasteiger partial charge >= 0.3 is 0 Å². The maximum absolute atomic E-state index is 5.90. The molecule has 18 heavy (non-hydrogen) atoms. The van der Waals surface area contributed by atoms with Crippen LogP contribution in [0, 0.1) is 0 Å². The van der Waals surface area contributed by atoms with Gasteiger partial charge in [0.25, 0.3) is 0 Å². The van der Waals surface area contributed by atoms with Crippen molar-refractivity contribution in [1.82, 2.24) is 19.9 Å². The summed E-state index contributed by atoms with van der Waals surface area (Å²) in [6, 6.07) is 3.99. The number of rotatable bonds is 6. The van der Waals surface area contributed by atoms with E-state index in [4.69, 9.17) is 17.3 Å². The molecule has 0 atom stereocenters. The second-order valence-corrected chi connectivity index (χ2v) is 5.92. The predicted molar refractivity (Wildman–Crippen MR) is 73.6 cm³/mol. The molecule has 0 aromatic carbocycles. The minimum Gasteiger partial charge on any atom is -0.325 e. The van der Waals surface area contributed by atoms with Gasteiger partial charge in [0.15, 0.2) is 0 Å². The summed E-state index contributed by atoms with van der Waals surface area (Å²) in [5, 5.41) is 7.97. The van der Waals surface area contributed by atoms with Crippen LogP contribution < -0.4 is 5.73 Å². The molecule has 0 saturated carbocycles. The van der Waals surface area contributed by atoms with Gasteiger partial charge in [-0.2, -0.15) is 0 Å². The largest absolute Gasteiger partial charge is 0.325 e. The molecular weight excluding hydrogens is 270 g/mol. The first-order chi connectivity index (χ1) is 8.67. The van der Waals surface area contributed by atoms with Gasteiger partial charge in [0.2, 0.25) is 0 Å². The average molecular weight is 286 g/mol. The van der Waals surface area contributed by atoms with E-state index >= 15 is 0 Å². The molecule has 2 aromatic heterocycles. The molecule has 2 N–H and O–H groups in total. The van der Waals surface area contributed by atoms with E-state index in [-0.39, 0.29) is 0 Å². The molecule has 2 rings (SSSR count). The molecule has 0 amide bonds. The standard InChI is InChI=1S/C11H16ClN5S/c1-16(8-10-2-3-11(12)18-10)4-5-17-7-9(6-13)14-15-17/h2-3,7H,4-6,8,13H2,1H3. The number of thiophene rings is 1. The normalized spacial score (nSPS) is 11.3. The van der Waals surface area contributed by atoms with E-state index in [9.17, 15) is 0 Å². The van der Waals surface area contributed by atoms with E-state index in [1.54, 1.807) is 11.3 Å². The number of aromatic nitrogens is 3. The Kier molecular flexibility index (Phi) is 4.71. The predicted octanol–water partition coefficient (Wildman–Crippen LogP) is 1.58. The second-order valence-electron chi connectivity index (χ2n) is 4.12. The van der Waals surface area contributed by atoms with Crippen LogP contribution in [0.15, 0.2) is 18.3 Å². The number of nitrogens with zero attached hydrogens (tertiary/aromatic N) is 4. The van der Waals surface area contributed by atoms with Gasteiger partial charge in [-0.1, -0.05) is 16.8 Å². The second kappa shape index (κ2) is 6.29. The van der Waals surface area contributed by atoms with Crippen LogP contribution in [-0.4, -0.2) is 33.5 Å². The number of likely N-dealkylation sites (N-methyl/N-ethyl adjacent to an activating group) is 1. The average Bonchev–Trinajstić information content (AvgIpc) is 2.95. The van der Waals surface area contributed by atoms with Crippen molar-refractivity contribution in [2.75, 3.05) is 13.6 Å². The van der Waals surface area contributed by atoms with Crippen molar-refractivity contribution >= 4 is 22.9 Å². The van der Waals surface area contributed by atoms with E-state index in [1.807, 2.05) is 16.9 Å². The number of hydrogen-bond donors (Lipinski definition) is 1. The lowest BCUT2D eigenvalue weighted by Crippen LogP contribution is -2.22. The zero-order valence-corrected chi connectivity index (χ0v) is 11.8. The number of halogens is 1. The van der Waals surface area contributed by atoms with Crippen molar-refractivity contribution in [1.29, 1.82) is 0 Å². The molecule has 0 fully saturated rings. The highest BCUT2D eigenvalue weighted by Gasteiger charge is 2.04. The summed E-state index contributed by atoms with van der Waals surface area (Å²) in [7, 11) is 2.08. The van der Waals surface area contributed by atoms with Crippen LogP contribution in [0.3, 0.4) is 0 Å². The Bertz CT molecular complexity index is 495. The minimum absolute atomic E-state index is 0.434. The lowest BCUT2D eigenvalue weighted by atomic mass is 10.4. The third-order valence-corrected chi connectivity index (χ3v) is 3.78. The Hall–Kier alpha value is -0.950. The van der Waals surface area contributed by atoms with Gasteiger partial charge in [-0.3, -0.25) is 9.58 Å². The highest BCUT2D eigenvalue weighted by atomic mass is 35.5. The monoisotopic (exact) mass is 285 g/mol. The molecule has 0 aliphatic heterocycles. The Labute approximate surface area is 115 Å². The Balaban J connectivity index is 1.79. The molecule has 0 bridgehead atoms. The number of hydrogen-bond acceptors (Lipinski definition) is 5. The molecule has 0 aliphatic rings. The van der Waals surface area contributed by atoms with Gasteiger partial charge < -0.3 is 5.73 Å². The van der Waals surface area contributed by atoms with E-state index in [0.717, 1.165) is 29.7 Å². The van der Waals surface area contributed by atoms with Crippen LogP contribution in [0.25, 0.3) is 0 Å². The van der Waals surface area contributed by atoms with E-state index in [2.05, 4.69) is 28.3 Å². The number of nitrogens with two attached hydrogens (primary N) is 1. The fourth-order valence-corrected chi connectivity index (χ4v) is 2.76. The molecule has 0 aliphatic carbocycles. The lowest BCUT2D eigenvalue weighted by molar-refractivity contribution is 0.306. The van der Waals surface area contributed by atoms with E-state index in [0.29, 0.717) is 6.54 Å². The van der Waals surface area contributed by atoms with Crippen LogP contribution in [0.2, 0.25) is 4.34 Å².